The molecule has 0 aromatic heterocycles. The van der Waals surface area contributed by atoms with Gasteiger partial charge in [0.25, 0.3) is 0 Å². The van der Waals surface area contributed by atoms with Crippen LogP contribution >= 0.6 is 0 Å². The summed E-state index contributed by atoms with van der Waals surface area (Å²) in [4.78, 5) is 2.08. The fourth-order valence-corrected chi connectivity index (χ4v) is 2.36. The third-order valence-electron chi connectivity index (χ3n) is 3.88. The second-order valence-electron chi connectivity index (χ2n) is 5.53. The molecule has 0 atom stereocenters. The van der Waals surface area contributed by atoms with Gasteiger partial charge in [-0.05, 0) is 28.7 Å². The first-order valence-electron chi connectivity index (χ1n) is 7.80. The van der Waals surface area contributed by atoms with Gasteiger partial charge in [-0.25, -0.2) is 0 Å². The lowest BCUT2D eigenvalue weighted by Crippen LogP contribution is -2.14. The molecule has 24 heavy (non-hydrogen) atoms. The number of hydrogen-bond donors (Lipinski definition) is 0. The summed E-state index contributed by atoms with van der Waals surface area (Å²) in [6.45, 7) is 15.8. The van der Waals surface area contributed by atoms with Gasteiger partial charge in [-0.15, -0.1) is 0 Å². The van der Waals surface area contributed by atoms with Gasteiger partial charge in [0.2, 0.25) is 0 Å². The van der Waals surface area contributed by atoms with Gasteiger partial charge in [0.15, 0.2) is 0 Å². The summed E-state index contributed by atoms with van der Waals surface area (Å²) in [5.41, 5.74) is 3.71. The molecule has 0 fully saturated rings. The predicted octanol–water partition coefficient (Wildman–Crippen LogP) is 6.20. The van der Waals surface area contributed by atoms with E-state index in [1.807, 2.05) is 37.4 Å². The Morgan fingerprint density at radius 1 is 0.875 bits per heavy atom. The van der Waals surface area contributed by atoms with Gasteiger partial charge in [-0.1, -0.05) is 87.0 Å². The minimum Gasteiger partial charge on any atom is -0.345 e. The Bertz CT molecular complexity index is 844. The summed E-state index contributed by atoms with van der Waals surface area (Å²) < 4.78 is 0. The van der Waals surface area contributed by atoms with Gasteiger partial charge in [-0.3, -0.25) is 0 Å². The van der Waals surface area contributed by atoms with Crippen molar-refractivity contribution >= 4 is 16.5 Å². The molecule has 0 amide bonds. The first-order valence-corrected chi connectivity index (χ1v) is 7.80. The van der Waals surface area contributed by atoms with Crippen LogP contribution < -0.4 is 4.90 Å². The van der Waals surface area contributed by atoms with E-state index >= 15 is 0 Å². The van der Waals surface area contributed by atoms with Crippen molar-refractivity contribution < 1.29 is 0 Å². The molecular weight excluding hydrogens is 290 g/mol. The number of likely N-dealkylation sites (N-methyl/N-ethyl adjacent to an activating group) is 1. The zero-order valence-electron chi connectivity index (χ0n) is 14.2. The van der Waals surface area contributed by atoms with E-state index in [-0.39, 0.29) is 0 Å². The van der Waals surface area contributed by atoms with Gasteiger partial charge < -0.3 is 4.90 Å². The van der Waals surface area contributed by atoms with Crippen LogP contribution in [-0.4, -0.2) is 7.05 Å². The molecule has 0 saturated carbocycles. The van der Waals surface area contributed by atoms with Crippen LogP contribution in [0.1, 0.15) is 0 Å². The van der Waals surface area contributed by atoms with Crippen LogP contribution in [0.5, 0.6) is 0 Å². The highest BCUT2D eigenvalue weighted by Gasteiger charge is 2.06. The molecule has 120 valence electrons. The van der Waals surface area contributed by atoms with Gasteiger partial charge in [0.1, 0.15) is 0 Å². The summed E-state index contributed by atoms with van der Waals surface area (Å²) in [7, 11) is 2.02. The van der Waals surface area contributed by atoms with Crippen molar-refractivity contribution in [2.45, 2.75) is 0 Å². The van der Waals surface area contributed by atoms with Gasteiger partial charge >= 0.3 is 0 Å². The number of fused-ring (bicyclic) bond motifs is 1. The van der Waals surface area contributed by atoms with Crippen molar-refractivity contribution in [2.24, 2.45) is 0 Å². The van der Waals surface area contributed by atoms with E-state index in [0.717, 1.165) is 22.5 Å². The Morgan fingerprint density at radius 3 is 2.29 bits per heavy atom. The lowest BCUT2D eigenvalue weighted by atomic mass is 10.1. The summed E-state index contributed by atoms with van der Waals surface area (Å²) in [6.07, 6.45) is 9.33. The molecular formula is C23H23N. The second-order valence-corrected chi connectivity index (χ2v) is 5.53. The fraction of sp³-hybridized carbons (Fsp3) is 0.0435. The van der Waals surface area contributed by atoms with Crippen LogP contribution in [0.25, 0.3) is 10.8 Å². The molecule has 0 aliphatic rings. The number of nitrogens with zero attached hydrogens (tertiary/aromatic N) is 1. The SMILES string of the molecule is C=C/C=C\C(=C)C(=C)/C=C\C(=C)N(C)c1cccc2ccccc12. The molecule has 0 bridgehead atoms. The lowest BCUT2D eigenvalue weighted by molar-refractivity contribution is 1.15. The minimum absolute atomic E-state index is 0.848. The zero-order valence-corrected chi connectivity index (χ0v) is 14.2. The summed E-state index contributed by atoms with van der Waals surface area (Å²) in [6, 6.07) is 14.6. The molecule has 2 aromatic carbocycles. The van der Waals surface area contributed by atoms with Crippen molar-refractivity contribution in [1.82, 2.24) is 0 Å². The molecule has 1 heteroatoms. The van der Waals surface area contributed by atoms with Crippen molar-refractivity contribution in [3.63, 3.8) is 0 Å². The maximum Gasteiger partial charge on any atom is 0.0487 e. The standard InChI is InChI=1S/C23H23N/c1-6-7-11-18(2)19(3)16-17-20(4)24(5)23-15-10-13-21-12-8-9-14-22(21)23/h6-17H,1-4H2,5H3/b11-7-,17-16-. The number of rotatable bonds is 7. The number of allylic oxidation sites excluding steroid dienone is 7. The van der Waals surface area contributed by atoms with Crippen molar-refractivity contribution in [2.75, 3.05) is 11.9 Å². The summed E-state index contributed by atoms with van der Waals surface area (Å²) in [5, 5.41) is 2.42. The smallest absolute Gasteiger partial charge is 0.0487 e. The number of anilines is 1. The van der Waals surface area contributed by atoms with E-state index in [4.69, 9.17) is 0 Å². The van der Waals surface area contributed by atoms with Crippen molar-refractivity contribution in [3.05, 3.63) is 116 Å². The molecule has 0 unspecified atom stereocenters. The van der Waals surface area contributed by atoms with Crippen molar-refractivity contribution in [1.29, 1.82) is 0 Å². The van der Waals surface area contributed by atoms with E-state index < -0.39 is 0 Å². The van der Waals surface area contributed by atoms with Gasteiger partial charge in [0.05, 0.1) is 0 Å². The molecule has 2 aromatic rings. The molecule has 0 heterocycles. The van der Waals surface area contributed by atoms with Crippen LogP contribution in [0.3, 0.4) is 0 Å². The monoisotopic (exact) mass is 313 g/mol. The molecule has 0 radical (unpaired) electrons. The highest BCUT2D eigenvalue weighted by Crippen LogP contribution is 2.28. The Kier molecular flexibility index (Phi) is 5.75. The Balaban J connectivity index is 2.18. The van der Waals surface area contributed by atoms with Gasteiger partial charge in [0, 0.05) is 23.8 Å². The minimum atomic E-state index is 0.848. The third-order valence-corrected chi connectivity index (χ3v) is 3.88. The molecule has 1 nitrogen and oxygen atoms in total. The van der Waals surface area contributed by atoms with E-state index in [2.05, 4.69) is 67.6 Å². The third kappa shape index (κ3) is 4.02. The number of benzene rings is 2. The first-order chi connectivity index (χ1) is 11.5. The zero-order chi connectivity index (χ0) is 17.5. The average Bonchev–Trinajstić information content (AvgIpc) is 2.62. The molecule has 0 spiro atoms. The topological polar surface area (TPSA) is 3.24 Å². The maximum absolute atomic E-state index is 4.17. The molecule has 0 saturated heterocycles. The molecule has 0 aliphatic heterocycles. The quantitative estimate of drug-likeness (QED) is 0.550. The molecule has 0 aliphatic carbocycles. The predicted molar refractivity (Wildman–Crippen MR) is 108 cm³/mol. The van der Waals surface area contributed by atoms with Crippen LogP contribution in [0.4, 0.5) is 5.69 Å². The van der Waals surface area contributed by atoms with Gasteiger partial charge in [-0.2, -0.15) is 0 Å². The first kappa shape index (κ1) is 17.3. The van der Waals surface area contributed by atoms with E-state index in [1.165, 1.54) is 10.8 Å². The maximum atomic E-state index is 4.17. The largest absolute Gasteiger partial charge is 0.345 e. The summed E-state index contributed by atoms with van der Waals surface area (Å²) in [5.74, 6) is 0. The Hall–Kier alpha value is -3.06. The Labute approximate surface area is 144 Å². The van der Waals surface area contributed by atoms with Crippen LogP contribution in [0.15, 0.2) is 116 Å². The van der Waals surface area contributed by atoms with E-state index in [9.17, 15) is 0 Å². The van der Waals surface area contributed by atoms with Crippen molar-refractivity contribution in [3.8, 4) is 0 Å². The van der Waals surface area contributed by atoms with Crippen LogP contribution in [-0.2, 0) is 0 Å². The number of hydrogen-bond acceptors (Lipinski definition) is 1. The average molecular weight is 313 g/mol. The van der Waals surface area contributed by atoms with E-state index in [0.29, 0.717) is 0 Å². The Morgan fingerprint density at radius 2 is 1.54 bits per heavy atom. The molecule has 0 N–H and O–H groups in total. The van der Waals surface area contributed by atoms with E-state index in [1.54, 1.807) is 6.08 Å². The van der Waals surface area contributed by atoms with Crippen LogP contribution in [0, 0.1) is 0 Å². The second kappa shape index (κ2) is 7.98. The highest BCUT2D eigenvalue weighted by atomic mass is 15.1. The molecule has 2 rings (SSSR count). The fourth-order valence-electron chi connectivity index (χ4n) is 2.36. The lowest BCUT2D eigenvalue weighted by Gasteiger charge is -2.21. The normalized spacial score (nSPS) is 11.0. The van der Waals surface area contributed by atoms with Crippen LogP contribution in [0.2, 0.25) is 0 Å². The summed E-state index contributed by atoms with van der Waals surface area (Å²) >= 11 is 0. The highest BCUT2D eigenvalue weighted by molar-refractivity contribution is 5.94.